The minimum Gasteiger partial charge on any atom is -0.487 e. The Bertz CT molecular complexity index is 738. The van der Waals surface area contributed by atoms with Crippen LogP contribution < -0.4 is 15.4 Å². The van der Waals surface area contributed by atoms with Gasteiger partial charge in [-0.15, -0.1) is 0 Å². The van der Waals surface area contributed by atoms with Crippen LogP contribution in [0, 0.1) is 0 Å². The van der Waals surface area contributed by atoms with Gasteiger partial charge in [0.15, 0.2) is 5.78 Å². The molecule has 0 aromatic heterocycles. The molecule has 1 aliphatic carbocycles. The van der Waals surface area contributed by atoms with Gasteiger partial charge in [-0.1, -0.05) is 12.1 Å². The summed E-state index contributed by atoms with van der Waals surface area (Å²) in [6, 6.07) is 4.94. The first-order chi connectivity index (χ1) is 11.6. The Hall–Kier alpha value is -2.83. The normalized spacial score (nSPS) is 16.4. The van der Waals surface area contributed by atoms with Crippen molar-refractivity contribution in [3.8, 4) is 5.75 Å². The summed E-state index contributed by atoms with van der Waals surface area (Å²) in [7, 11) is 0. The molecule has 0 radical (unpaired) electrons. The van der Waals surface area contributed by atoms with Crippen LogP contribution in [0.2, 0.25) is 0 Å². The monoisotopic (exact) mass is 330 g/mol. The number of amides is 2. The molecule has 0 fully saturated rings. The third kappa shape index (κ3) is 3.10. The van der Waals surface area contributed by atoms with E-state index in [0.717, 1.165) is 5.56 Å². The first-order valence-electron chi connectivity index (χ1n) is 7.82. The highest BCUT2D eigenvalue weighted by Gasteiger charge is 2.26. The Labute approximate surface area is 139 Å². The van der Waals surface area contributed by atoms with Gasteiger partial charge in [-0.2, -0.15) is 0 Å². The van der Waals surface area contributed by atoms with Crippen molar-refractivity contribution in [1.82, 2.24) is 10.6 Å². The van der Waals surface area contributed by atoms with E-state index in [9.17, 15) is 14.4 Å². The third-order valence-electron chi connectivity index (χ3n) is 3.98. The Morgan fingerprint density at radius 3 is 2.88 bits per heavy atom. The largest absolute Gasteiger partial charge is 0.487 e. The van der Waals surface area contributed by atoms with Crippen LogP contribution in [0.3, 0.4) is 0 Å². The molecule has 2 aliphatic rings. The van der Waals surface area contributed by atoms with Crippen molar-refractivity contribution in [3.05, 3.63) is 40.6 Å². The van der Waals surface area contributed by atoms with Gasteiger partial charge in [0.05, 0.1) is 24.4 Å². The predicted octanol–water partition coefficient (Wildman–Crippen LogP) is 1.32. The van der Waals surface area contributed by atoms with Crippen LogP contribution in [-0.2, 0) is 16.0 Å². The first kappa shape index (κ1) is 16.0. The summed E-state index contributed by atoms with van der Waals surface area (Å²) < 4.78 is 10.8. The maximum Gasteiger partial charge on any atom is 0.337 e. The number of nitrogens with one attached hydrogen (secondary N) is 2. The molecule has 1 aromatic carbocycles. The SMILES string of the molecule is CCOC(=O)C1=C(COc2cccc3c2CCC3=O)NC(=O)NC1. The average molecular weight is 330 g/mol. The van der Waals surface area contributed by atoms with Gasteiger partial charge in [0.1, 0.15) is 12.4 Å². The van der Waals surface area contributed by atoms with Crippen molar-refractivity contribution in [2.45, 2.75) is 19.8 Å². The number of ketones is 1. The second kappa shape index (κ2) is 6.74. The van der Waals surface area contributed by atoms with Crippen molar-refractivity contribution >= 4 is 17.8 Å². The molecular weight excluding hydrogens is 312 g/mol. The molecule has 0 spiro atoms. The number of carbonyl (C=O) groups excluding carboxylic acids is 3. The summed E-state index contributed by atoms with van der Waals surface area (Å²) >= 11 is 0. The number of urea groups is 1. The molecule has 7 nitrogen and oxygen atoms in total. The lowest BCUT2D eigenvalue weighted by Gasteiger charge is -2.22. The number of fused-ring (bicyclic) bond motifs is 1. The molecule has 3 rings (SSSR count). The number of rotatable bonds is 5. The molecule has 2 N–H and O–H groups in total. The Morgan fingerprint density at radius 1 is 1.25 bits per heavy atom. The highest BCUT2D eigenvalue weighted by molar-refractivity contribution is 6.01. The minimum absolute atomic E-state index is 0.0201. The maximum atomic E-state index is 12.0. The van der Waals surface area contributed by atoms with Gasteiger partial charge in [0.25, 0.3) is 0 Å². The summed E-state index contributed by atoms with van der Waals surface area (Å²) in [4.78, 5) is 35.3. The zero-order chi connectivity index (χ0) is 17.1. The number of carbonyl (C=O) groups is 3. The Kier molecular flexibility index (Phi) is 4.50. The van der Waals surface area contributed by atoms with Gasteiger partial charge in [-0.05, 0) is 19.4 Å². The zero-order valence-corrected chi connectivity index (χ0v) is 13.3. The van der Waals surface area contributed by atoms with Crippen molar-refractivity contribution in [2.24, 2.45) is 0 Å². The molecule has 0 atom stereocenters. The highest BCUT2D eigenvalue weighted by atomic mass is 16.5. The summed E-state index contributed by atoms with van der Waals surface area (Å²) in [5.41, 5.74) is 2.27. The fourth-order valence-electron chi connectivity index (χ4n) is 2.81. The first-order valence-corrected chi connectivity index (χ1v) is 7.82. The topological polar surface area (TPSA) is 93.7 Å². The summed E-state index contributed by atoms with van der Waals surface area (Å²) in [6.07, 6.45) is 1.12. The number of hydrogen-bond donors (Lipinski definition) is 2. The van der Waals surface area contributed by atoms with Gasteiger partial charge < -0.3 is 20.1 Å². The van der Waals surface area contributed by atoms with E-state index in [0.29, 0.717) is 35.4 Å². The molecule has 24 heavy (non-hydrogen) atoms. The molecule has 1 aromatic rings. The van der Waals surface area contributed by atoms with Gasteiger partial charge in [-0.3, -0.25) is 4.79 Å². The molecule has 0 saturated carbocycles. The number of esters is 1. The van der Waals surface area contributed by atoms with Gasteiger partial charge in [0.2, 0.25) is 0 Å². The van der Waals surface area contributed by atoms with E-state index >= 15 is 0 Å². The second-order valence-corrected chi connectivity index (χ2v) is 5.48. The van der Waals surface area contributed by atoms with E-state index in [1.165, 1.54) is 0 Å². The molecular formula is C17H18N2O5. The molecule has 0 bridgehead atoms. The van der Waals surface area contributed by atoms with E-state index in [2.05, 4.69) is 10.6 Å². The predicted molar refractivity (Wildman–Crippen MR) is 84.8 cm³/mol. The molecule has 7 heteroatoms. The van der Waals surface area contributed by atoms with E-state index in [4.69, 9.17) is 9.47 Å². The fourth-order valence-corrected chi connectivity index (χ4v) is 2.81. The lowest BCUT2D eigenvalue weighted by molar-refractivity contribution is -0.138. The number of benzene rings is 1. The van der Waals surface area contributed by atoms with Crippen LogP contribution in [0.25, 0.3) is 0 Å². The van der Waals surface area contributed by atoms with Crippen LogP contribution in [0.4, 0.5) is 4.79 Å². The third-order valence-corrected chi connectivity index (χ3v) is 3.98. The van der Waals surface area contributed by atoms with E-state index in [-0.39, 0.29) is 25.5 Å². The quantitative estimate of drug-likeness (QED) is 0.794. The lowest BCUT2D eigenvalue weighted by atomic mass is 10.1. The Morgan fingerprint density at radius 2 is 2.08 bits per heavy atom. The fraction of sp³-hybridized carbons (Fsp3) is 0.353. The molecule has 2 amide bonds. The summed E-state index contributed by atoms with van der Waals surface area (Å²) in [5, 5.41) is 5.13. The smallest absolute Gasteiger partial charge is 0.337 e. The maximum absolute atomic E-state index is 12.0. The molecule has 0 unspecified atom stereocenters. The zero-order valence-electron chi connectivity index (χ0n) is 13.3. The van der Waals surface area contributed by atoms with Crippen LogP contribution in [0.1, 0.15) is 29.3 Å². The number of Topliss-reactive ketones (excluding diaryl/α,β-unsaturated/α-hetero) is 1. The van der Waals surface area contributed by atoms with Crippen LogP contribution in [0.5, 0.6) is 5.75 Å². The number of ether oxygens (including phenoxy) is 2. The average Bonchev–Trinajstić information content (AvgIpc) is 2.95. The van der Waals surface area contributed by atoms with Gasteiger partial charge >= 0.3 is 12.0 Å². The molecule has 1 aliphatic heterocycles. The standard InChI is InChI=1S/C17H18N2O5/c1-2-23-16(21)12-8-18-17(22)19-13(12)9-24-15-5-3-4-10-11(15)6-7-14(10)20/h3-5H,2,6-9H2,1H3,(H2,18,19,22). The van der Waals surface area contributed by atoms with Crippen LogP contribution in [0.15, 0.2) is 29.5 Å². The minimum atomic E-state index is -0.489. The van der Waals surface area contributed by atoms with Gasteiger partial charge in [-0.25, -0.2) is 9.59 Å². The summed E-state index contributed by atoms with van der Waals surface area (Å²) in [6.45, 7) is 2.08. The van der Waals surface area contributed by atoms with E-state index in [1.54, 1.807) is 25.1 Å². The molecule has 0 saturated heterocycles. The highest BCUT2D eigenvalue weighted by Crippen LogP contribution is 2.30. The van der Waals surface area contributed by atoms with Gasteiger partial charge in [0, 0.05) is 17.5 Å². The van der Waals surface area contributed by atoms with E-state index < -0.39 is 12.0 Å². The second-order valence-electron chi connectivity index (χ2n) is 5.48. The van der Waals surface area contributed by atoms with Crippen molar-refractivity contribution < 1.29 is 23.9 Å². The van der Waals surface area contributed by atoms with E-state index in [1.807, 2.05) is 0 Å². The van der Waals surface area contributed by atoms with Crippen molar-refractivity contribution in [2.75, 3.05) is 19.8 Å². The lowest BCUT2D eigenvalue weighted by Crippen LogP contribution is -2.45. The number of hydrogen-bond acceptors (Lipinski definition) is 5. The Balaban J connectivity index is 1.80. The van der Waals surface area contributed by atoms with Crippen molar-refractivity contribution in [1.29, 1.82) is 0 Å². The van der Waals surface area contributed by atoms with Crippen LogP contribution in [-0.4, -0.2) is 37.5 Å². The molecule has 126 valence electrons. The van der Waals surface area contributed by atoms with Crippen LogP contribution >= 0.6 is 0 Å². The summed E-state index contributed by atoms with van der Waals surface area (Å²) in [5.74, 6) is 0.218. The molecule has 1 heterocycles. The van der Waals surface area contributed by atoms with Crippen molar-refractivity contribution in [3.63, 3.8) is 0 Å².